The maximum absolute atomic E-state index is 5.68. The molecule has 4 aromatic rings. The molecule has 0 radical (unpaired) electrons. The van der Waals surface area contributed by atoms with Crippen molar-refractivity contribution in [3.8, 4) is 17.4 Å². The predicted octanol–water partition coefficient (Wildman–Crippen LogP) is 3.18. The molecule has 0 bridgehead atoms. The van der Waals surface area contributed by atoms with Gasteiger partial charge < -0.3 is 19.9 Å². The molecule has 0 unspecified atom stereocenters. The molecule has 0 aliphatic carbocycles. The Hall–Kier alpha value is -3.37. The molecule has 31 heavy (non-hydrogen) atoms. The second kappa shape index (κ2) is 9.19. The number of pyridine rings is 1. The number of hydrogen-bond donors (Lipinski definition) is 2. The first-order chi connectivity index (χ1) is 15.2. The number of methoxy groups -OCH3 is 3. The van der Waals surface area contributed by atoms with Crippen LogP contribution in [0.5, 0.6) is 17.4 Å². The van der Waals surface area contributed by atoms with Gasteiger partial charge in [-0.15, -0.1) is 0 Å². The van der Waals surface area contributed by atoms with Crippen LogP contribution in [0, 0.1) is 0 Å². The van der Waals surface area contributed by atoms with E-state index >= 15 is 0 Å². The molecule has 0 amide bonds. The summed E-state index contributed by atoms with van der Waals surface area (Å²) in [6, 6.07) is 9.67. The van der Waals surface area contributed by atoms with Gasteiger partial charge in [-0.25, -0.2) is 9.38 Å². The monoisotopic (exact) mass is 440 g/mol. The van der Waals surface area contributed by atoms with Crippen molar-refractivity contribution in [3.63, 3.8) is 0 Å². The maximum atomic E-state index is 5.68. The van der Waals surface area contributed by atoms with Gasteiger partial charge in [-0.05, 0) is 35.7 Å². The van der Waals surface area contributed by atoms with Gasteiger partial charge in [0.05, 0.1) is 45.8 Å². The Morgan fingerprint density at radius 3 is 2.45 bits per heavy atom. The third-order valence-electron chi connectivity index (χ3n) is 4.75. The highest BCUT2D eigenvalue weighted by atomic mass is 32.2. The summed E-state index contributed by atoms with van der Waals surface area (Å²) in [4.78, 5) is 5.35. The van der Waals surface area contributed by atoms with E-state index in [1.807, 2.05) is 39.5 Å². The molecule has 3 heterocycles. The molecule has 162 valence electrons. The largest absolute Gasteiger partial charge is 0.495 e. The van der Waals surface area contributed by atoms with Gasteiger partial charge in [0, 0.05) is 24.4 Å². The number of hydrogen-bond acceptors (Lipinski definition) is 8. The molecule has 3 N–H and O–H groups in total. The van der Waals surface area contributed by atoms with Crippen LogP contribution < -0.4 is 24.7 Å². The van der Waals surface area contributed by atoms with E-state index in [2.05, 4.69) is 20.9 Å². The van der Waals surface area contributed by atoms with Gasteiger partial charge in [0.15, 0.2) is 0 Å². The van der Waals surface area contributed by atoms with Gasteiger partial charge in [-0.2, -0.15) is 5.10 Å². The SMILES string of the molecule is COc1cccc(OC)c1SNc1ncc2cc(Cn3cc(CN)cn3)cc(OC)n12. The molecule has 0 aliphatic heterocycles. The van der Waals surface area contributed by atoms with Crippen LogP contribution in [0.1, 0.15) is 11.1 Å². The molecular formula is C21H24N6O3S. The van der Waals surface area contributed by atoms with E-state index in [9.17, 15) is 0 Å². The standard InChI is InChI=1S/C21H24N6O3S/c1-28-17-5-4-6-18(29-2)20(17)31-25-21-23-11-16-7-14(8-19(30-3)27(16)21)12-26-13-15(9-22)10-24-26/h4-8,10-11,13H,9,12,22H2,1-3H3,(H,23,25). The zero-order valence-corrected chi connectivity index (χ0v) is 18.3. The molecule has 0 fully saturated rings. The van der Waals surface area contributed by atoms with Crippen molar-refractivity contribution < 1.29 is 14.2 Å². The summed E-state index contributed by atoms with van der Waals surface area (Å²) in [7, 11) is 4.90. The van der Waals surface area contributed by atoms with Crippen molar-refractivity contribution in [2.45, 2.75) is 18.0 Å². The van der Waals surface area contributed by atoms with E-state index in [1.54, 1.807) is 33.7 Å². The predicted molar refractivity (Wildman–Crippen MR) is 120 cm³/mol. The fraction of sp³-hybridized carbons (Fsp3) is 0.238. The van der Waals surface area contributed by atoms with Gasteiger partial charge in [-0.1, -0.05) is 6.07 Å². The average Bonchev–Trinajstić information content (AvgIpc) is 3.43. The first-order valence-corrected chi connectivity index (χ1v) is 10.4. The Kier molecular flexibility index (Phi) is 6.19. The van der Waals surface area contributed by atoms with Crippen LogP contribution in [0.4, 0.5) is 5.95 Å². The Morgan fingerprint density at radius 2 is 1.81 bits per heavy atom. The third kappa shape index (κ3) is 4.25. The van der Waals surface area contributed by atoms with E-state index in [-0.39, 0.29) is 0 Å². The number of nitrogens with one attached hydrogen (secondary N) is 1. The maximum Gasteiger partial charge on any atom is 0.220 e. The van der Waals surface area contributed by atoms with Crippen molar-refractivity contribution in [1.82, 2.24) is 19.2 Å². The molecule has 3 aromatic heterocycles. The second-order valence-electron chi connectivity index (χ2n) is 6.69. The second-order valence-corrected chi connectivity index (χ2v) is 7.51. The zero-order chi connectivity index (χ0) is 21.8. The van der Waals surface area contributed by atoms with Crippen molar-refractivity contribution in [1.29, 1.82) is 0 Å². The number of fused-ring (bicyclic) bond motifs is 1. The van der Waals surface area contributed by atoms with Gasteiger partial charge in [0.2, 0.25) is 11.8 Å². The summed E-state index contributed by atoms with van der Waals surface area (Å²) < 4.78 is 23.6. The van der Waals surface area contributed by atoms with E-state index < -0.39 is 0 Å². The minimum absolute atomic E-state index is 0.467. The molecule has 9 nitrogen and oxygen atoms in total. The lowest BCUT2D eigenvalue weighted by Gasteiger charge is -2.14. The van der Waals surface area contributed by atoms with Crippen molar-refractivity contribution >= 4 is 23.4 Å². The van der Waals surface area contributed by atoms with Crippen LogP contribution in [0.15, 0.2) is 53.8 Å². The molecule has 0 atom stereocenters. The first kappa shape index (κ1) is 20.9. The first-order valence-electron chi connectivity index (χ1n) is 9.56. The van der Waals surface area contributed by atoms with E-state index in [1.165, 1.54) is 11.9 Å². The van der Waals surface area contributed by atoms with Crippen LogP contribution in [0.2, 0.25) is 0 Å². The summed E-state index contributed by atoms with van der Waals surface area (Å²) in [5, 5.41) is 4.35. The quantitative estimate of drug-likeness (QED) is 0.383. The van der Waals surface area contributed by atoms with E-state index in [0.29, 0.717) is 36.4 Å². The topological polar surface area (TPSA) is 101 Å². The Bertz CT molecular complexity index is 1170. The highest BCUT2D eigenvalue weighted by Gasteiger charge is 2.15. The number of benzene rings is 1. The van der Waals surface area contributed by atoms with Crippen LogP contribution in [-0.2, 0) is 13.1 Å². The number of rotatable bonds is 9. The molecule has 0 spiro atoms. The summed E-state index contributed by atoms with van der Waals surface area (Å²) in [5.74, 6) is 2.71. The smallest absolute Gasteiger partial charge is 0.220 e. The molecule has 0 saturated heterocycles. The van der Waals surface area contributed by atoms with Crippen LogP contribution >= 0.6 is 11.9 Å². The minimum atomic E-state index is 0.467. The normalized spacial score (nSPS) is 11.0. The summed E-state index contributed by atoms with van der Waals surface area (Å²) in [6.07, 6.45) is 5.51. The molecule has 4 rings (SSSR count). The molecule has 1 aromatic carbocycles. The number of ether oxygens (including phenoxy) is 3. The molecule has 0 aliphatic rings. The number of nitrogens with zero attached hydrogens (tertiary/aromatic N) is 4. The zero-order valence-electron chi connectivity index (χ0n) is 17.5. The van der Waals surface area contributed by atoms with E-state index in [0.717, 1.165) is 21.5 Å². The van der Waals surface area contributed by atoms with Gasteiger partial charge in [-0.3, -0.25) is 9.40 Å². The summed E-state index contributed by atoms with van der Waals surface area (Å²) in [6.45, 7) is 1.07. The molecule has 0 saturated carbocycles. The van der Waals surface area contributed by atoms with Crippen molar-refractivity contribution in [2.75, 3.05) is 26.1 Å². The lowest BCUT2D eigenvalue weighted by molar-refractivity contribution is 0.376. The number of nitrogens with two attached hydrogens (primary N) is 1. The highest BCUT2D eigenvalue weighted by molar-refractivity contribution is 8.00. The van der Waals surface area contributed by atoms with Crippen molar-refractivity contribution in [2.24, 2.45) is 5.73 Å². The summed E-state index contributed by atoms with van der Waals surface area (Å²) >= 11 is 1.36. The number of aromatic nitrogens is 4. The molecule has 10 heteroatoms. The van der Waals surface area contributed by atoms with Gasteiger partial charge >= 0.3 is 0 Å². The van der Waals surface area contributed by atoms with Crippen molar-refractivity contribution in [3.05, 3.63) is 60.0 Å². The Labute approximate surface area is 184 Å². The summed E-state index contributed by atoms with van der Waals surface area (Å²) in [5.41, 5.74) is 8.61. The fourth-order valence-corrected chi connectivity index (χ4v) is 4.11. The Balaban J connectivity index is 1.61. The van der Waals surface area contributed by atoms with Gasteiger partial charge in [0.1, 0.15) is 16.4 Å². The Morgan fingerprint density at radius 1 is 1.03 bits per heavy atom. The number of anilines is 1. The average molecular weight is 441 g/mol. The lowest BCUT2D eigenvalue weighted by atomic mass is 10.2. The van der Waals surface area contributed by atoms with Crippen LogP contribution in [0.3, 0.4) is 0 Å². The molecular weight excluding hydrogens is 416 g/mol. The van der Waals surface area contributed by atoms with Gasteiger partial charge in [0.25, 0.3) is 0 Å². The highest BCUT2D eigenvalue weighted by Crippen LogP contribution is 2.38. The van der Waals surface area contributed by atoms with Crippen LogP contribution in [0.25, 0.3) is 5.52 Å². The fourth-order valence-electron chi connectivity index (χ4n) is 3.27. The van der Waals surface area contributed by atoms with Crippen LogP contribution in [-0.4, -0.2) is 40.5 Å². The minimum Gasteiger partial charge on any atom is -0.495 e. The van der Waals surface area contributed by atoms with E-state index in [4.69, 9.17) is 19.9 Å². The third-order valence-corrected chi connectivity index (χ3v) is 5.65. The lowest BCUT2D eigenvalue weighted by Crippen LogP contribution is -2.04. The number of imidazole rings is 1.